The molecule has 0 spiro atoms. The standard InChI is InChI=1S/C80H48N4O4P2S2/c91-89-71-20-3-11-60(51-28-24-49(25-29-51)57-10-9-44-81-46-57)75(71)85-67-16-7-17-68(79(67)89)86-76-61(12-4-21-72(76)89)52-30-26-50(27-31-52)58-40-42-66(83-47-58)59-41-43-65(84-48-59)56-38-34-54(35-39-56)63-14-6-23-74-78(63)88-70-19-8-18-69-80(70)90(74,92)73-22-5-13-62(77(73)87-69)53-32-36-55(37-33-53)64-15-1-2-45-82-64/h1-48H. The molecular formula is C80H48N4O4P2S2. The Kier molecular flexibility index (Phi) is 12.7. The highest BCUT2D eigenvalue weighted by Crippen LogP contribution is 2.63. The Bertz CT molecular complexity index is 5090. The van der Waals surface area contributed by atoms with Crippen LogP contribution in [0.4, 0.5) is 0 Å². The topological polar surface area (TPSA) is 88.5 Å². The highest BCUT2D eigenvalue weighted by molar-refractivity contribution is 8.26. The van der Waals surface area contributed by atoms with Crippen molar-refractivity contribution in [2.45, 2.75) is 0 Å². The lowest BCUT2D eigenvalue weighted by atomic mass is 10.00. The van der Waals surface area contributed by atoms with Crippen LogP contribution in [0.1, 0.15) is 0 Å². The minimum atomic E-state index is -2.67. The Morgan fingerprint density at radius 1 is 0.239 bits per heavy atom. The van der Waals surface area contributed by atoms with E-state index in [4.69, 9.17) is 52.5 Å². The molecule has 0 bridgehead atoms. The maximum Gasteiger partial charge on any atom is 0.144 e. The van der Waals surface area contributed by atoms with Crippen LogP contribution in [0.25, 0.3) is 101 Å². The number of hydrogen-bond donors (Lipinski definition) is 0. The van der Waals surface area contributed by atoms with E-state index in [-0.39, 0.29) is 0 Å². The summed E-state index contributed by atoms with van der Waals surface area (Å²) in [4.78, 5) is 18.8. The molecule has 8 heterocycles. The van der Waals surface area contributed by atoms with E-state index in [1.165, 1.54) is 0 Å². The van der Waals surface area contributed by atoms with Crippen molar-refractivity contribution < 1.29 is 18.9 Å². The van der Waals surface area contributed by atoms with Crippen molar-refractivity contribution in [1.82, 2.24) is 19.9 Å². The van der Waals surface area contributed by atoms with Gasteiger partial charge in [-0.05, 0) is 124 Å². The molecule has 10 aromatic carbocycles. The second kappa shape index (κ2) is 21.5. The summed E-state index contributed by atoms with van der Waals surface area (Å²) < 4.78 is 27.5. The molecule has 2 atom stereocenters. The Morgan fingerprint density at radius 3 is 0.935 bits per heavy atom. The van der Waals surface area contributed by atoms with Gasteiger partial charge in [-0.2, -0.15) is 0 Å². The predicted molar refractivity (Wildman–Crippen MR) is 379 cm³/mol. The zero-order valence-corrected chi connectivity index (χ0v) is 52.3. The molecule has 2 unspecified atom stereocenters. The molecule has 8 nitrogen and oxygen atoms in total. The second-order valence-electron chi connectivity index (χ2n) is 23.1. The van der Waals surface area contributed by atoms with Crippen molar-refractivity contribution in [3.05, 3.63) is 292 Å². The van der Waals surface area contributed by atoms with Crippen LogP contribution in [-0.2, 0) is 23.6 Å². The third-order valence-electron chi connectivity index (χ3n) is 17.9. The number of ether oxygens (including phenoxy) is 4. The molecule has 0 fully saturated rings. The lowest BCUT2D eigenvalue weighted by Crippen LogP contribution is -2.35. The largest absolute Gasteiger partial charge is 0.455 e. The molecule has 18 rings (SSSR count). The van der Waals surface area contributed by atoms with E-state index < -0.39 is 12.1 Å². The van der Waals surface area contributed by atoms with Gasteiger partial charge in [0.1, 0.15) is 46.0 Å². The van der Waals surface area contributed by atoms with Crippen LogP contribution in [0.15, 0.2) is 292 Å². The fraction of sp³-hybridized carbons (Fsp3) is 0. The van der Waals surface area contributed by atoms with Crippen LogP contribution >= 0.6 is 12.1 Å². The lowest BCUT2D eigenvalue weighted by molar-refractivity contribution is 0.467. The normalized spacial score (nSPS) is 15.7. The van der Waals surface area contributed by atoms with Crippen LogP contribution in [0.5, 0.6) is 46.0 Å². The van der Waals surface area contributed by atoms with Crippen LogP contribution < -0.4 is 50.8 Å². The fourth-order valence-electron chi connectivity index (χ4n) is 13.4. The minimum Gasteiger partial charge on any atom is -0.455 e. The molecular weight excluding hydrogens is 1210 g/mol. The smallest absolute Gasteiger partial charge is 0.144 e. The summed E-state index contributed by atoms with van der Waals surface area (Å²) in [6.45, 7) is 0. The van der Waals surface area contributed by atoms with Gasteiger partial charge in [-0.3, -0.25) is 19.9 Å². The van der Waals surface area contributed by atoms with Gasteiger partial charge < -0.3 is 18.9 Å². The Morgan fingerprint density at radius 2 is 0.576 bits per heavy atom. The first kappa shape index (κ1) is 54.3. The van der Waals surface area contributed by atoms with Crippen molar-refractivity contribution >= 4 is 67.5 Å². The van der Waals surface area contributed by atoms with Crippen LogP contribution in [-0.4, -0.2) is 19.9 Å². The number of aromatic nitrogens is 4. The van der Waals surface area contributed by atoms with Gasteiger partial charge in [-0.15, -0.1) is 0 Å². The Hall–Kier alpha value is -10.7. The number of rotatable bonds is 9. The van der Waals surface area contributed by atoms with E-state index in [2.05, 4.69) is 210 Å². The van der Waals surface area contributed by atoms with Crippen molar-refractivity contribution in [1.29, 1.82) is 0 Å². The minimum absolute atomic E-state index is 0.736. The molecule has 12 heteroatoms. The number of benzene rings is 10. The summed E-state index contributed by atoms with van der Waals surface area (Å²) in [6.07, 6.45) is 9.32. The summed E-state index contributed by atoms with van der Waals surface area (Å²) in [5.41, 5.74) is 17.9. The summed E-state index contributed by atoms with van der Waals surface area (Å²) >= 11 is 14.1. The van der Waals surface area contributed by atoms with Gasteiger partial charge in [0.25, 0.3) is 0 Å². The van der Waals surface area contributed by atoms with Gasteiger partial charge in [0, 0.05) is 96.7 Å². The maximum absolute atomic E-state index is 7.03. The summed E-state index contributed by atoms with van der Waals surface area (Å²) in [7, 11) is 0. The fourth-order valence-corrected chi connectivity index (χ4v) is 22.4. The first-order chi connectivity index (χ1) is 45.3. The zero-order valence-electron chi connectivity index (χ0n) is 48.8. The summed E-state index contributed by atoms with van der Waals surface area (Å²) in [5, 5.41) is 5.97. The molecule has 14 aromatic rings. The Labute approximate surface area is 541 Å². The third-order valence-corrected chi connectivity index (χ3v) is 27.6. The van der Waals surface area contributed by atoms with E-state index in [1.807, 2.05) is 85.5 Å². The van der Waals surface area contributed by atoms with Crippen LogP contribution in [0.3, 0.4) is 0 Å². The van der Waals surface area contributed by atoms with E-state index >= 15 is 0 Å². The van der Waals surface area contributed by atoms with E-state index in [9.17, 15) is 0 Å². The molecule has 4 aliphatic rings. The molecule has 4 aliphatic heterocycles. The first-order valence-electron chi connectivity index (χ1n) is 30.2. The highest BCUT2D eigenvalue weighted by Gasteiger charge is 2.46. The molecule has 0 saturated carbocycles. The molecule has 0 saturated heterocycles. The van der Waals surface area contributed by atoms with Crippen molar-refractivity contribution in [3.63, 3.8) is 0 Å². The Balaban J connectivity index is 0.590. The van der Waals surface area contributed by atoms with Crippen molar-refractivity contribution in [3.8, 4) is 147 Å². The van der Waals surface area contributed by atoms with Crippen molar-refractivity contribution in [2.24, 2.45) is 0 Å². The molecule has 92 heavy (non-hydrogen) atoms. The summed E-state index contributed by atoms with van der Waals surface area (Å²) in [6, 6.07) is 84.7. The highest BCUT2D eigenvalue weighted by atomic mass is 32.4. The molecule has 0 amide bonds. The lowest BCUT2D eigenvalue weighted by Gasteiger charge is -2.38. The van der Waals surface area contributed by atoms with E-state index in [1.54, 1.807) is 6.20 Å². The zero-order chi connectivity index (χ0) is 61.1. The summed E-state index contributed by atoms with van der Waals surface area (Å²) in [5.74, 6) is 6.12. The van der Waals surface area contributed by atoms with E-state index in [0.717, 1.165) is 178 Å². The number of pyridine rings is 4. The molecule has 0 aliphatic carbocycles. The first-order valence-corrected chi connectivity index (χ1v) is 35.8. The molecule has 0 radical (unpaired) electrons. The van der Waals surface area contributed by atoms with Gasteiger partial charge in [0.05, 0.1) is 39.8 Å². The number of nitrogens with zero attached hydrogens (tertiary/aromatic N) is 4. The molecule has 434 valence electrons. The SMILES string of the molecule is S=P12c3cccc(-c4ccc(-c5cccnc5)cc4)c3Oc3cccc(c31)Oc1c(-c3ccc(-c4ccc(-c5ccc(-c6ccc(-c7cccc8c7Oc7cccc9c7P8(=S)c7cccc(-c8ccc(-c%10ccccn%10)cc8)c7O9)cc6)nc5)nc4)cc3)cccc12. The van der Waals surface area contributed by atoms with Crippen LogP contribution in [0.2, 0.25) is 0 Å². The molecule has 0 N–H and O–H groups in total. The number of para-hydroxylation sites is 4. The number of fused-ring (bicyclic) bond motifs is 8. The predicted octanol–water partition coefficient (Wildman–Crippen LogP) is 18.2. The third kappa shape index (κ3) is 8.63. The number of hydrogen-bond acceptors (Lipinski definition) is 10. The van der Waals surface area contributed by atoms with Gasteiger partial charge in [0.2, 0.25) is 0 Å². The quantitative estimate of drug-likeness (QED) is 0.130. The van der Waals surface area contributed by atoms with Crippen molar-refractivity contribution in [2.75, 3.05) is 0 Å². The van der Waals surface area contributed by atoms with Crippen LogP contribution in [0, 0.1) is 0 Å². The van der Waals surface area contributed by atoms with Gasteiger partial charge in [-0.25, -0.2) is 0 Å². The van der Waals surface area contributed by atoms with E-state index in [0.29, 0.717) is 0 Å². The second-order valence-corrected chi connectivity index (χ2v) is 31.6. The average molecular weight is 1260 g/mol. The monoisotopic (exact) mass is 1250 g/mol. The van der Waals surface area contributed by atoms with Gasteiger partial charge >= 0.3 is 0 Å². The van der Waals surface area contributed by atoms with Gasteiger partial charge in [-0.1, -0.05) is 200 Å². The average Bonchev–Trinajstić information content (AvgIpc) is 0.704. The maximum atomic E-state index is 7.03. The molecule has 4 aromatic heterocycles. The van der Waals surface area contributed by atoms with Gasteiger partial charge in [0.15, 0.2) is 0 Å².